The first kappa shape index (κ1) is 13.9. The van der Waals surface area contributed by atoms with Crippen molar-refractivity contribution >= 4 is 22.0 Å². The lowest BCUT2D eigenvalue weighted by molar-refractivity contribution is 1.44. The van der Waals surface area contributed by atoms with Crippen molar-refractivity contribution in [3.63, 3.8) is 0 Å². The van der Waals surface area contributed by atoms with Crippen LogP contribution in [0.3, 0.4) is 0 Å². The number of halogens is 1. The van der Waals surface area contributed by atoms with E-state index in [1.54, 1.807) is 6.07 Å². The van der Waals surface area contributed by atoms with Crippen LogP contribution in [0.2, 0.25) is 0 Å². The van der Waals surface area contributed by atoms with Crippen molar-refractivity contribution in [2.45, 2.75) is 20.8 Å². The largest absolute Gasteiger partial charge is 0.192 e. The van der Waals surface area contributed by atoms with E-state index in [0.717, 1.165) is 10.9 Å². The highest BCUT2D eigenvalue weighted by Gasteiger charge is 1.92. The van der Waals surface area contributed by atoms with Gasteiger partial charge >= 0.3 is 0 Å². The lowest BCUT2D eigenvalue weighted by Crippen LogP contribution is -1.79. The molecule has 0 unspecified atom stereocenters. The molecular weight excluding hydrogens is 250 g/mol. The quantitative estimate of drug-likeness (QED) is 0.728. The van der Waals surface area contributed by atoms with Crippen molar-refractivity contribution in [1.82, 2.24) is 0 Å². The highest BCUT2D eigenvalue weighted by molar-refractivity contribution is 9.09. The molecule has 0 aliphatic rings. The van der Waals surface area contributed by atoms with Crippen LogP contribution < -0.4 is 0 Å². The topological polar surface area (TPSA) is 23.8 Å². The number of hydrogen-bond acceptors (Lipinski definition) is 1. The minimum absolute atomic E-state index is 0.705. The summed E-state index contributed by atoms with van der Waals surface area (Å²) < 4.78 is 0. The van der Waals surface area contributed by atoms with Crippen LogP contribution in [0.1, 0.15) is 31.9 Å². The Morgan fingerprint density at radius 3 is 2.67 bits per heavy atom. The predicted octanol–water partition coefficient (Wildman–Crippen LogP) is 4.38. The summed E-state index contributed by atoms with van der Waals surface area (Å²) in [6.07, 6.45) is 2.07. The molecule has 0 aromatic heterocycles. The van der Waals surface area contributed by atoms with Crippen LogP contribution in [-0.4, -0.2) is 5.33 Å². The molecule has 0 bridgehead atoms. The molecular formula is C13H16BrN. The fourth-order valence-electron chi connectivity index (χ4n) is 1.02. The molecule has 0 saturated carbocycles. The zero-order valence-corrected chi connectivity index (χ0v) is 11.0. The van der Waals surface area contributed by atoms with Gasteiger partial charge < -0.3 is 0 Å². The smallest absolute Gasteiger partial charge is 0.0991 e. The second kappa shape index (κ2) is 8.26. The molecule has 0 spiro atoms. The number of nitrogens with zero attached hydrogens (tertiary/aromatic N) is 1. The summed E-state index contributed by atoms with van der Waals surface area (Å²) in [5.41, 5.74) is 3.03. The molecule has 0 radical (unpaired) electrons. The van der Waals surface area contributed by atoms with Crippen LogP contribution in [0.4, 0.5) is 0 Å². The van der Waals surface area contributed by atoms with Crippen molar-refractivity contribution in [3.05, 3.63) is 41.0 Å². The zero-order chi connectivity index (χ0) is 11.7. The predicted molar refractivity (Wildman–Crippen MR) is 70.0 cm³/mol. The van der Waals surface area contributed by atoms with Crippen molar-refractivity contribution in [2.75, 3.05) is 5.33 Å². The molecule has 0 amide bonds. The maximum Gasteiger partial charge on any atom is 0.0991 e. The molecule has 1 aromatic carbocycles. The third-order valence-electron chi connectivity index (χ3n) is 1.64. The van der Waals surface area contributed by atoms with Gasteiger partial charge in [-0.25, -0.2) is 0 Å². The first-order chi connectivity index (χ1) is 7.26. The monoisotopic (exact) mass is 265 g/mol. The van der Waals surface area contributed by atoms with E-state index in [1.165, 1.54) is 5.57 Å². The molecule has 0 N–H and O–H groups in total. The summed E-state index contributed by atoms with van der Waals surface area (Å²) in [7, 11) is 0. The minimum atomic E-state index is 0.705. The van der Waals surface area contributed by atoms with Gasteiger partial charge in [-0.3, -0.25) is 0 Å². The van der Waals surface area contributed by atoms with E-state index >= 15 is 0 Å². The first-order valence-electron chi connectivity index (χ1n) is 4.99. The molecule has 0 aliphatic carbocycles. The second-order valence-electron chi connectivity index (χ2n) is 2.86. The summed E-state index contributed by atoms with van der Waals surface area (Å²) in [6.45, 7) is 6.05. The summed E-state index contributed by atoms with van der Waals surface area (Å²) >= 11 is 3.37. The van der Waals surface area contributed by atoms with Crippen LogP contribution >= 0.6 is 15.9 Å². The van der Waals surface area contributed by atoms with E-state index in [4.69, 9.17) is 5.26 Å². The average Bonchev–Trinajstić information content (AvgIpc) is 2.31. The van der Waals surface area contributed by atoms with Gasteiger partial charge in [0.05, 0.1) is 11.6 Å². The molecule has 15 heavy (non-hydrogen) atoms. The second-order valence-corrected chi connectivity index (χ2v) is 3.42. The maximum absolute atomic E-state index is 8.67. The lowest BCUT2D eigenvalue weighted by atomic mass is 10.1. The first-order valence-corrected chi connectivity index (χ1v) is 6.11. The zero-order valence-electron chi connectivity index (χ0n) is 9.42. The normalized spacial score (nSPS) is 9.93. The molecule has 2 heteroatoms. The fourth-order valence-corrected chi connectivity index (χ4v) is 1.18. The molecule has 0 atom stereocenters. The summed E-state index contributed by atoms with van der Waals surface area (Å²) in [5, 5.41) is 9.54. The average molecular weight is 266 g/mol. The number of hydrogen-bond donors (Lipinski definition) is 0. The highest BCUT2D eigenvalue weighted by atomic mass is 79.9. The number of allylic oxidation sites excluding steroid dienone is 1. The Labute approximate surface area is 101 Å². The Bertz CT molecular complexity index is 361. The molecule has 1 rings (SSSR count). The Morgan fingerprint density at radius 2 is 2.13 bits per heavy atom. The van der Waals surface area contributed by atoms with E-state index in [-0.39, 0.29) is 0 Å². The van der Waals surface area contributed by atoms with Crippen molar-refractivity contribution in [2.24, 2.45) is 0 Å². The Balaban J connectivity index is 0.000000921. The van der Waals surface area contributed by atoms with Gasteiger partial charge in [0.25, 0.3) is 0 Å². The SMILES string of the molecule is C/C(=C\c1cccc(C#N)c1)CBr.CC. The fraction of sp³-hybridized carbons (Fsp3) is 0.308. The Hall–Kier alpha value is -1.07. The lowest BCUT2D eigenvalue weighted by Gasteiger charge is -1.96. The van der Waals surface area contributed by atoms with E-state index < -0.39 is 0 Å². The van der Waals surface area contributed by atoms with Crippen LogP contribution in [0.5, 0.6) is 0 Å². The van der Waals surface area contributed by atoms with Crippen LogP contribution in [0.15, 0.2) is 29.8 Å². The van der Waals surface area contributed by atoms with E-state index in [2.05, 4.69) is 28.1 Å². The van der Waals surface area contributed by atoms with Gasteiger partial charge in [0.2, 0.25) is 0 Å². The summed E-state index contributed by atoms with van der Waals surface area (Å²) in [6, 6.07) is 9.69. The number of alkyl halides is 1. The molecule has 80 valence electrons. The van der Waals surface area contributed by atoms with Crippen molar-refractivity contribution in [3.8, 4) is 6.07 Å². The van der Waals surface area contributed by atoms with Gasteiger partial charge in [0, 0.05) is 5.33 Å². The Kier molecular flexibility index (Phi) is 7.67. The number of benzene rings is 1. The van der Waals surface area contributed by atoms with Crippen molar-refractivity contribution < 1.29 is 0 Å². The van der Waals surface area contributed by atoms with Crippen LogP contribution in [-0.2, 0) is 0 Å². The molecule has 1 nitrogen and oxygen atoms in total. The van der Waals surface area contributed by atoms with Gasteiger partial charge in [0.1, 0.15) is 0 Å². The third kappa shape index (κ3) is 5.39. The van der Waals surface area contributed by atoms with E-state index in [1.807, 2.05) is 39.0 Å². The number of rotatable bonds is 2. The van der Waals surface area contributed by atoms with Gasteiger partial charge in [-0.2, -0.15) is 5.26 Å². The molecule has 1 aromatic rings. The standard InChI is InChI=1S/C11H10BrN.C2H6/c1-9(7-12)5-10-3-2-4-11(6-10)8-13;1-2/h2-6H,7H2,1H3;1-2H3/b9-5+;. The molecule has 0 aliphatic heterocycles. The highest BCUT2D eigenvalue weighted by Crippen LogP contribution is 2.10. The summed E-state index contributed by atoms with van der Waals surface area (Å²) in [4.78, 5) is 0. The minimum Gasteiger partial charge on any atom is -0.192 e. The van der Waals surface area contributed by atoms with E-state index in [0.29, 0.717) is 5.56 Å². The summed E-state index contributed by atoms with van der Waals surface area (Å²) in [5.74, 6) is 0. The molecule has 0 heterocycles. The maximum atomic E-state index is 8.67. The molecule has 0 saturated heterocycles. The van der Waals surface area contributed by atoms with Gasteiger partial charge in [-0.1, -0.05) is 53.6 Å². The number of nitriles is 1. The van der Waals surface area contributed by atoms with Gasteiger partial charge in [0.15, 0.2) is 0 Å². The molecule has 0 fully saturated rings. The third-order valence-corrected chi connectivity index (χ3v) is 2.52. The van der Waals surface area contributed by atoms with Crippen LogP contribution in [0, 0.1) is 11.3 Å². The Morgan fingerprint density at radius 1 is 1.47 bits per heavy atom. The van der Waals surface area contributed by atoms with Crippen molar-refractivity contribution in [1.29, 1.82) is 5.26 Å². The van der Waals surface area contributed by atoms with Crippen LogP contribution in [0.25, 0.3) is 6.08 Å². The van der Waals surface area contributed by atoms with Gasteiger partial charge in [-0.05, 0) is 24.6 Å². The van der Waals surface area contributed by atoms with E-state index in [9.17, 15) is 0 Å². The van der Waals surface area contributed by atoms with Gasteiger partial charge in [-0.15, -0.1) is 0 Å².